The minimum absolute atomic E-state index is 0.000157. The van der Waals surface area contributed by atoms with Gasteiger partial charge < -0.3 is 10.6 Å². The second-order valence-electron chi connectivity index (χ2n) is 13.9. The van der Waals surface area contributed by atoms with Crippen molar-refractivity contribution in [2.75, 3.05) is 6.54 Å². The summed E-state index contributed by atoms with van der Waals surface area (Å²) in [6, 6.07) is 0. The van der Waals surface area contributed by atoms with E-state index in [2.05, 4.69) is 31.4 Å². The Balaban J connectivity index is 1.98. The molecule has 254 valence electrons. The molecule has 0 bridgehead atoms. The van der Waals surface area contributed by atoms with E-state index in [1.54, 1.807) is 0 Å². The highest BCUT2D eigenvalue weighted by Gasteiger charge is 2.24. The molecule has 43 heavy (non-hydrogen) atoms. The lowest BCUT2D eigenvalue weighted by Gasteiger charge is -2.20. The van der Waals surface area contributed by atoms with Gasteiger partial charge in [-0.15, -0.1) is 0 Å². The van der Waals surface area contributed by atoms with Crippen molar-refractivity contribution in [1.29, 1.82) is 0 Å². The van der Waals surface area contributed by atoms with E-state index >= 15 is 0 Å². The number of hydrogen-bond acceptors (Lipinski definition) is 3. The van der Waals surface area contributed by atoms with Crippen molar-refractivity contribution < 1.29 is 4.79 Å². The van der Waals surface area contributed by atoms with Gasteiger partial charge in [0.25, 0.3) is 0 Å². The van der Waals surface area contributed by atoms with E-state index in [9.17, 15) is 4.79 Å². The number of hydrogen-bond donors (Lipinski definition) is 2. The Morgan fingerprint density at radius 2 is 0.977 bits per heavy atom. The summed E-state index contributed by atoms with van der Waals surface area (Å²) in [5.41, 5.74) is 0. The Hall–Kier alpha value is -1.06. The Morgan fingerprint density at radius 1 is 0.581 bits per heavy atom. The number of carbonyl (C=O) groups excluding carboxylic acids is 1. The summed E-state index contributed by atoms with van der Waals surface area (Å²) in [7, 11) is 0. The summed E-state index contributed by atoms with van der Waals surface area (Å²) in [4.78, 5) is 17.4. The lowest BCUT2D eigenvalue weighted by molar-refractivity contribution is -0.121. The second kappa shape index (κ2) is 30.9. The molecule has 4 nitrogen and oxygen atoms in total. The standard InChI is InChI=1S/C39H77N3O/c1-4-7-9-11-13-15-17-19-20-21-23-25-27-29-31-34-38(43)41-37-35-40-39(42-37)36(32-6-3)33-30-28-26-24-22-18-16-14-12-10-8-5-2/h36-37H,4-35H2,1-3H3,(H,40,42)(H,41,43). The molecule has 0 saturated heterocycles. The van der Waals surface area contributed by atoms with Crippen LogP contribution >= 0.6 is 0 Å². The normalized spacial score (nSPS) is 15.4. The second-order valence-corrected chi connectivity index (χ2v) is 13.9. The molecule has 0 aromatic rings. The van der Waals surface area contributed by atoms with Crippen molar-refractivity contribution in [2.24, 2.45) is 10.9 Å². The molecule has 4 heteroatoms. The zero-order valence-electron chi connectivity index (χ0n) is 29.6. The van der Waals surface area contributed by atoms with Crippen LogP contribution in [0, 0.1) is 5.92 Å². The molecular formula is C39H77N3O. The predicted molar refractivity (Wildman–Crippen MR) is 191 cm³/mol. The van der Waals surface area contributed by atoms with E-state index in [1.807, 2.05) is 0 Å². The number of carbonyl (C=O) groups is 1. The molecule has 2 unspecified atom stereocenters. The van der Waals surface area contributed by atoms with E-state index in [0.717, 1.165) is 12.3 Å². The minimum Gasteiger partial charge on any atom is -0.352 e. The van der Waals surface area contributed by atoms with Crippen LogP contribution in [0.5, 0.6) is 0 Å². The molecule has 1 aliphatic heterocycles. The van der Waals surface area contributed by atoms with Crippen LogP contribution in [0.15, 0.2) is 4.99 Å². The fourth-order valence-corrected chi connectivity index (χ4v) is 6.71. The van der Waals surface area contributed by atoms with Crippen LogP contribution in [-0.2, 0) is 4.79 Å². The topological polar surface area (TPSA) is 53.5 Å². The van der Waals surface area contributed by atoms with Gasteiger partial charge in [-0.25, -0.2) is 0 Å². The smallest absolute Gasteiger partial charge is 0.221 e. The van der Waals surface area contributed by atoms with Crippen LogP contribution in [0.3, 0.4) is 0 Å². The molecule has 1 rings (SSSR count). The Labute approximate surface area is 270 Å². The molecule has 0 fully saturated rings. The van der Waals surface area contributed by atoms with Crippen LogP contribution in [0.1, 0.15) is 220 Å². The van der Waals surface area contributed by atoms with Crippen LogP contribution < -0.4 is 10.6 Å². The first-order valence-electron chi connectivity index (χ1n) is 19.8. The maximum absolute atomic E-state index is 12.5. The maximum Gasteiger partial charge on any atom is 0.221 e. The van der Waals surface area contributed by atoms with E-state index in [4.69, 9.17) is 4.99 Å². The van der Waals surface area contributed by atoms with E-state index in [1.165, 1.54) is 186 Å². The van der Waals surface area contributed by atoms with Gasteiger partial charge in [0, 0.05) is 12.3 Å². The summed E-state index contributed by atoms with van der Waals surface area (Å²) >= 11 is 0. The van der Waals surface area contributed by atoms with Gasteiger partial charge >= 0.3 is 0 Å². The van der Waals surface area contributed by atoms with Gasteiger partial charge in [-0.2, -0.15) is 0 Å². The third kappa shape index (κ3) is 24.9. The van der Waals surface area contributed by atoms with Crippen molar-refractivity contribution in [3.8, 4) is 0 Å². The zero-order chi connectivity index (χ0) is 31.1. The Morgan fingerprint density at radius 3 is 1.40 bits per heavy atom. The number of rotatable bonds is 33. The highest BCUT2D eigenvalue weighted by atomic mass is 16.1. The van der Waals surface area contributed by atoms with Crippen molar-refractivity contribution in [1.82, 2.24) is 10.6 Å². The molecule has 0 spiro atoms. The SMILES string of the molecule is CCCCCCCCCCCCCCCCCC(=O)NC1CN=C(C(CCC)CCCCCCCCCCCCCC)N1. The first kappa shape index (κ1) is 40.0. The van der Waals surface area contributed by atoms with Crippen molar-refractivity contribution in [2.45, 2.75) is 226 Å². The van der Waals surface area contributed by atoms with Gasteiger partial charge in [0.1, 0.15) is 12.0 Å². The lowest BCUT2D eigenvalue weighted by atomic mass is 9.94. The Bertz CT molecular complexity index is 634. The monoisotopic (exact) mass is 604 g/mol. The van der Waals surface area contributed by atoms with Crippen molar-refractivity contribution in [3.63, 3.8) is 0 Å². The first-order chi connectivity index (χ1) is 21.2. The van der Waals surface area contributed by atoms with Gasteiger partial charge in [-0.3, -0.25) is 9.79 Å². The molecule has 0 aromatic heterocycles. The molecule has 2 atom stereocenters. The molecular weight excluding hydrogens is 526 g/mol. The zero-order valence-corrected chi connectivity index (χ0v) is 29.6. The van der Waals surface area contributed by atoms with Crippen LogP contribution in [0.4, 0.5) is 0 Å². The third-order valence-corrected chi connectivity index (χ3v) is 9.54. The summed E-state index contributed by atoms with van der Waals surface area (Å²) < 4.78 is 0. The van der Waals surface area contributed by atoms with E-state index < -0.39 is 0 Å². The van der Waals surface area contributed by atoms with E-state index in [-0.39, 0.29) is 12.1 Å². The highest BCUT2D eigenvalue weighted by Crippen LogP contribution is 2.20. The number of nitrogens with one attached hydrogen (secondary N) is 2. The average Bonchev–Trinajstić information content (AvgIpc) is 3.47. The highest BCUT2D eigenvalue weighted by molar-refractivity contribution is 5.87. The van der Waals surface area contributed by atoms with Crippen LogP contribution in [-0.4, -0.2) is 24.5 Å². The van der Waals surface area contributed by atoms with Gasteiger partial charge in [0.15, 0.2) is 0 Å². The Kier molecular flexibility index (Phi) is 28.8. The van der Waals surface area contributed by atoms with Crippen LogP contribution in [0.25, 0.3) is 0 Å². The predicted octanol–water partition coefficient (Wildman–Crippen LogP) is 12.2. The fourth-order valence-electron chi connectivity index (χ4n) is 6.71. The summed E-state index contributed by atoms with van der Waals surface area (Å²) in [6.45, 7) is 7.56. The average molecular weight is 604 g/mol. The van der Waals surface area contributed by atoms with Crippen LogP contribution in [0.2, 0.25) is 0 Å². The molecule has 0 saturated carbocycles. The van der Waals surface area contributed by atoms with E-state index in [0.29, 0.717) is 18.9 Å². The molecule has 1 amide bonds. The number of aliphatic imine (C=N–C) groups is 1. The van der Waals surface area contributed by atoms with Gasteiger partial charge in [-0.1, -0.05) is 194 Å². The number of unbranched alkanes of at least 4 members (excludes halogenated alkanes) is 25. The largest absolute Gasteiger partial charge is 0.352 e. The van der Waals surface area contributed by atoms with Crippen molar-refractivity contribution >= 4 is 11.7 Å². The van der Waals surface area contributed by atoms with Gasteiger partial charge in [0.05, 0.1) is 6.54 Å². The van der Waals surface area contributed by atoms with Crippen molar-refractivity contribution in [3.05, 3.63) is 0 Å². The summed E-state index contributed by atoms with van der Waals surface area (Å²) in [6.07, 6.45) is 41.4. The fraction of sp³-hybridized carbons (Fsp3) is 0.949. The number of nitrogens with zero attached hydrogens (tertiary/aromatic N) is 1. The quantitative estimate of drug-likeness (QED) is 0.0733. The third-order valence-electron chi connectivity index (χ3n) is 9.54. The summed E-state index contributed by atoms with van der Waals surface area (Å²) in [5.74, 6) is 1.88. The van der Waals surface area contributed by atoms with Gasteiger partial charge in [-0.05, 0) is 19.3 Å². The molecule has 0 radical (unpaired) electrons. The molecule has 0 aromatic carbocycles. The molecule has 1 aliphatic rings. The molecule has 1 heterocycles. The molecule has 0 aliphatic carbocycles. The van der Waals surface area contributed by atoms with Gasteiger partial charge in [0.2, 0.25) is 5.91 Å². The minimum atomic E-state index is 0.000157. The molecule has 2 N–H and O–H groups in total. The number of amidine groups is 1. The lowest BCUT2D eigenvalue weighted by Crippen LogP contribution is -2.47. The summed E-state index contributed by atoms with van der Waals surface area (Å²) in [5, 5.41) is 6.78. The first-order valence-corrected chi connectivity index (χ1v) is 19.8. The maximum atomic E-state index is 12.5. The number of amides is 1.